The van der Waals surface area contributed by atoms with Crippen LogP contribution in [-0.2, 0) is 0 Å². The zero-order valence-corrected chi connectivity index (χ0v) is 9.34. The number of hydrogen-bond donors (Lipinski definition) is 0. The molecule has 3 nitrogen and oxygen atoms in total. The lowest BCUT2D eigenvalue weighted by molar-refractivity contribution is 0.554. The Labute approximate surface area is 99.8 Å². The van der Waals surface area contributed by atoms with Crippen molar-refractivity contribution >= 4 is 5.57 Å². The van der Waals surface area contributed by atoms with Crippen LogP contribution in [0, 0.1) is 0 Å². The molecule has 0 radical (unpaired) electrons. The van der Waals surface area contributed by atoms with E-state index in [2.05, 4.69) is 23.4 Å². The Hall–Kier alpha value is -2.42. The van der Waals surface area contributed by atoms with Crippen molar-refractivity contribution in [2.75, 3.05) is 0 Å². The van der Waals surface area contributed by atoms with Crippen LogP contribution in [0.2, 0.25) is 0 Å². The predicted molar refractivity (Wildman–Crippen MR) is 68.1 cm³/mol. The Morgan fingerprint density at radius 2 is 1.88 bits per heavy atom. The van der Waals surface area contributed by atoms with Gasteiger partial charge >= 0.3 is 0 Å². The van der Waals surface area contributed by atoms with Crippen molar-refractivity contribution in [1.29, 1.82) is 0 Å². The van der Waals surface area contributed by atoms with E-state index in [1.54, 1.807) is 18.2 Å². The lowest BCUT2D eigenvalue weighted by atomic mass is 10.2. The van der Waals surface area contributed by atoms with E-state index in [0.717, 1.165) is 11.1 Å². The third-order valence-electron chi connectivity index (χ3n) is 2.21. The van der Waals surface area contributed by atoms with E-state index in [0.29, 0.717) is 11.8 Å². The molecule has 0 aliphatic heterocycles. The topological polar surface area (TPSA) is 38.9 Å². The minimum absolute atomic E-state index is 0.443. The van der Waals surface area contributed by atoms with E-state index in [-0.39, 0.29) is 0 Å². The average Bonchev–Trinajstić information content (AvgIpc) is 2.86. The normalized spacial score (nSPS) is 11.2. The zero-order chi connectivity index (χ0) is 12.1. The molecule has 0 saturated carbocycles. The van der Waals surface area contributed by atoms with Gasteiger partial charge in [-0.2, -0.15) is 0 Å². The second kappa shape index (κ2) is 5.07. The highest BCUT2D eigenvalue weighted by Crippen LogP contribution is 2.21. The van der Waals surface area contributed by atoms with Crippen molar-refractivity contribution in [2.45, 2.75) is 0 Å². The minimum Gasteiger partial charge on any atom is -0.416 e. The van der Waals surface area contributed by atoms with Crippen LogP contribution in [-0.4, -0.2) is 10.2 Å². The van der Waals surface area contributed by atoms with Crippen LogP contribution in [0.1, 0.15) is 5.89 Å². The van der Waals surface area contributed by atoms with Crippen molar-refractivity contribution in [1.82, 2.24) is 10.2 Å². The first-order valence-electron chi connectivity index (χ1n) is 5.19. The minimum atomic E-state index is 0.443. The average molecular weight is 224 g/mol. The summed E-state index contributed by atoms with van der Waals surface area (Å²) < 4.78 is 5.57. The summed E-state index contributed by atoms with van der Waals surface area (Å²) in [5, 5.41) is 7.98. The second-order valence-corrected chi connectivity index (χ2v) is 3.34. The van der Waals surface area contributed by atoms with Gasteiger partial charge in [-0.3, -0.25) is 0 Å². The second-order valence-electron chi connectivity index (χ2n) is 3.34. The van der Waals surface area contributed by atoms with Crippen LogP contribution in [0.3, 0.4) is 0 Å². The first kappa shape index (κ1) is 11.1. The van der Waals surface area contributed by atoms with Gasteiger partial charge < -0.3 is 4.42 Å². The quantitative estimate of drug-likeness (QED) is 0.746. The number of hydrogen-bond acceptors (Lipinski definition) is 3. The SMILES string of the molecule is C=C/C=C(\C=C)c1nnc(-c2ccccc2)o1. The van der Waals surface area contributed by atoms with Crippen LogP contribution < -0.4 is 0 Å². The van der Waals surface area contributed by atoms with Crippen LogP contribution in [0.15, 0.2) is 66.1 Å². The van der Waals surface area contributed by atoms with Crippen molar-refractivity contribution in [3.8, 4) is 11.5 Å². The summed E-state index contributed by atoms with van der Waals surface area (Å²) in [6, 6.07) is 9.62. The maximum atomic E-state index is 5.57. The smallest absolute Gasteiger partial charge is 0.248 e. The molecule has 0 unspecified atom stereocenters. The largest absolute Gasteiger partial charge is 0.416 e. The van der Waals surface area contributed by atoms with E-state index < -0.39 is 0 Å². The van der Waals surface area contributed by atoms with Gasteiger partial charge in [0, 0.05) is 11.1 Å². The highest BCUT2D eigenvalue weighted by molar-refractivity contribution is 5.69. The van der Waals surface area contributed by atoms with Gasteiger partial charge in [-0.25, -0.2) is 0 Å². The molecule has 2 rings (SSSR count). The summed E-state index contributed by atoms with van der Waals surface area (Å²) in [4.78, 5) is 0. The molecule has 17 heavy (non-hydrogen) atoms. The van der Waals surface area contributed by atoms with Gasteiger partial charge in [0.05, 0.1) is 0 Å². The predicted octanol–water partition coefficient (Wildman–Crippen LogP) is 3.49. The molecule has 0 fully saturated rings. The number of benzene rings is 1. The van der Waals surface area contributed by atoms with E-state index in [4.69, 9.17) is 4.42 Å². The Morgan fingerprint density at radius 1 is 1.12 bits per heavy atom. The van der Waals surface area contributed by atoms with Gasteiger partial charge in [0.15, 0.2) is 0 Å². The summed E-state index contributed by atoms with van der Waals surface area (Å²) in [5.74, 6) is 0.941. The number of rotatable bonds is 4. The van der Waals surface area contributed by atoms with Gasteiger partial charge in [-0.1, -0.05) is 49.6 Å². The molecule has 2 aromatic rings. The maximum Gasteiger partial charge on any atom is 0.248 e. The molecule has 0 amide bonds. The molecule has 0 spiro atoms. The summed E-state index contributed by atoms with van der Waals surface area (Å²) in [5.41, 5.74) is 1.66. The fourth-order valence-corrected chi connectivity index (χ4v) is 1.39. The number of aromatic nitrogens is 2. The molecular weight excluding hydrogens is 212 g/mol. The lowest BCUT2D eigenvalue weighted by Gasteiger charge is -1.93. The van der Waals surface area contributed by atoms with E-state index >= 15 is 0 Å². The molecule has 0 aliphatic carbocycles. The first-order chi connectivity index (χ1) is 8.35. The zero-order valence-electron chi connectivity index (χ0n) is 9.34. The van der Waals surface area contributed by atoms with Crippen molar-refractivity contribution in [3.63, 3.8) is 0 Å². The molecule has 3 heteroatoms. The van der Waals surface area contributed by atoms with Crippen LogP contribution in [0.4, 0.5) is 0 Å². The molecule has 1 aromatic heterocycles. The molecule has 0 aliphatic rings. The highest BCUT2D eigenvalue weighted by Gasteiger charge is 2.09. The molecule has 0 saturated heterocycles. The molecule has 1 heterocycles. The Kier molecular flexibility index (Phi) is 3.31. The fraction of sp³-hybridized carbons (Fsp3) is 0. The van der Waals surface area contributed by atoms with Gasteiger partial charge in [-0.05, 0) is 12.1 Å². The maximum absolute atomic E-state index is 5.57. The van der Waals surface area contributed by atoms with E-state index in [1.165, 1.54) is 0 Å². The third kappa shape index (κ3) is 2.39. The van der Waals surface area contributed by atoms with Crippen molar-refractivity contribution in [3.05, 3.63) is 67.6 Å². The molecular formula is C14H12N2O. The highest BCUT2D eigenvalue weighted by atomic mass is 16.4. The first-order valence-corrected chi connectivity index (χ1v) is 5.19. The van der Waals surface area contributed by atoms with Crippen LogP contribution in [0.5, 0.6) is 0 Å². The standard InChI is InChI=1S/C14H12N2O/c1-3-8-11(4-2)13-15-16-14(17-13)12-9-6-5-7-10-12/h3-10H,1-2H2/b11-8+. The molecule has 0 N–H and O–H groups in total. The van der Waals surface area contributed by atoms with Gasteiger partial charge in [0.1, 0.15) is 0 Å². The summed E-state index contributed by atoms with van der Waals surface area (Å²) in [6.45, 7) is 7.32. The van der Waals surface area contributed by atoms with Crippen LogP contribution in [0.25, 0.3) is 17.0 Å². The fourth-order valence-electron chi connectivity index (χ4n) is 1.39. The summed E-state index contributed by atoms with van der Waals surface area (Å²) >= 11 is 0. The third-order valence-corrected chi connectivity index (χ3v) is 2.21. The Morgan fingerprint density at radius 3 is 2.53 bits per heavy atom. The number of nitrogens with zero attached hydrogens (tertiary/aromatic N) is 2. The molecule has 84 valence electrons. The van der Waals surface area contributed by atoms with E-state index in [9.17, 15) is 0 Å². The number of allylic oxidation sites excluding steroid dienone is 4. The molecule has 0 atom stereocenters. The molecule has 0 bridgehead atoms. The summed E-state index contributed by atoms with van der Waals surface area (Å²) in [6.07, 6.45) is 5.09. The van der Waals surface area contributed by atoms with Crippen LogP contribution >= 0.6 is 0 Å². The van der Waals surface area contributed by atoms with E-state index in [1.807, 2.05) is 30.3 Å². The summed E-state index contributed by atoms with van der Waals surface area (Å²) in [7, 11) is 0. The Balaban J connectivity index is 2.37. The van der Waals surface area contributed by atoms with Crippen molar-refractivity contribution < 1.29 is 4.42 Å². The van der Waals surface area contributed by atoms with Crippen molar-refractivity contribution in [2.24, 2.45) is 0 Å². The monoisotopic (exact) mass is 224 g/mol. The lowest BCUT2D eigenvalue weighted by Crippen LogP contribution is -1.79. The Bertz CT molecular complexity index is 553. The van der Waals surface area contributed by atoms with Gasteiger partial charge in [-0.15, -0.1) is 10.2 Å². The molecule has 1 aromatic carbocycles. The van der Waals surface area contributed by atoms with Gasteiger partial charge in [0.25, 0.3) is 0 Å². The van der Waals surface area contributed by atoms with Gasteiger partial charge in [0.2, 0.25) is 11.8 Å².